The van der Waals surface area contributed by atoms with Crippen LogP contribution in [0.2, 0.25) is 0 Å². The van der Waals surface area contributed by atoms with E-state index in [1.54, 1.807) is 0 Å². The number of aryl methyl sites for hydroxylation is 2. The maximum absolute atomic E-state index is 13.4. The maximum Gasteiger partial charge on any atom is 0.352 e. The molecule has 0 saturated heterocycles. The number of rotatable bonds is 3. The summed E-state index contributed by atoms with van der Waals surface area (Å²) in [6, 6.07) is 9.77. The van der Waals surface area contributed by atoms with Crippen molar-refractivity contribution in [3.05, 3.63) is 70.2 Å². The van der Waals surface area contributed by atoms with Gasteiger partial charge >= 0.3 is 5.69 Å². The van der Waals surface area contributed by atoms with E-state index in [-0.39, 0.29) is 12.5 Å². The van der Waals surface area contributed by atoms with Gasteiger partial charge in [-0.2, -0.15) is 0 Å². The van der Waals surface area contributed by atoms with E-state index < -0.39 is 11.5 Å². The number of carbonyl (C=O) groups is 1. The predicted octanol–water partition coefficient (Wildman–Crippen LogP) is 2.44. The van der Waals surface area contributed by atoms with Crippen LogP contribution in [0.3, 0.4) is 0 Å². The summed E-state index contributed by atoms with van der Waals surface area (Å²) in [6.45, 7) is 3.56. The van der Waals surface area contributed by atoms with Gasteiger partial charge in [0, 0.05) is 17.1 Å². The number of fused-ring (bicyclic) bond motifs is 3. The van der Waals surface area contributed by atoms with E-state index in [1.165, 1.54) is 28.9 Å². The van der Waals surface area contributed by atoms with Gasteiger partial charge in [-0.1, -0.05) is 18.2 Å². The van der Waals surface area contributed by atoms with Crippen molar-refractivity contribution in [1.29, 1.82) is 0 Å². The van der Waals surface area contributed by atoms with Gasteiger partial charge in [0.15, 0.2) is 5.65 Å². The molecule has 2 heterocycles. The van der Waals surface area contributed by atoms with Crippen molar-refractivity contribution in [2.24, 2.45) is 0 Å². The average Bonchev–Trinajstić information content (AvgIpc) is 2.94. The van der Waals surface area contributed by atoms with E-state index in [9.17, 15) is 14.0 Å². The molecule has 0 atom stereocenters. The van der Waals surface area contributed by atoms with Crippen LogP contribution in [0.5, 0.6) is 0 Å². The van der Waals surface area contributed by atoms with Crippen LogP contribution < -0.4 is 11.0 Å². The number of amides is 1. The van der Waals surface area contributed by atoms with Crippen LogP contribution in [0.4, 0.5) is 10.1 Å². The molecule has 0 bridgehead atoms. The summed E-state index contributed by atoms with van der Waals surface area (Å²) in [5.41, 5.74) is 2.82. The van der Waals surface area contributed by atoms with Crippen molar-refractivity contribution in [2.45, 2.75) is 20.4 Å². The monoisotopic (exact) mass is 365 g/mol. The molecule has 0 aliphatic carbocycles. The largest absolute Gasteiger partial charge is 0.352 e. The summed E-state index contributed by atoms with van der Waals surface area (Å²) in [5.74, 6) is -0.782. The number of halogens is 1. The fourth-order valence-electron chi connectivity index (χ4n) is 3.06. The topological polar surface area (TPSA) is 81.3 Å². The summed E-state index contributed by atoms with van der Waals surface area (Å²) in [7, 11) is 0. The van der Waals surface area contributed by atoms with Gasteiger partial charge < -0.3 is 5.32 Å². The first-order valence-corrected chi connectivity index (χ1v) is 8.33. The molecule has 4 aromatic rings. The first-order valence-electron chi connectivity index (χ1n) is 8.33. The van der Waals surface area contributed by atoms with Crippen LogP contribution in [0.15, 0.2) is 47.5 Å². The molecule has 27 heavy (non-hydrogen) atoms. The number of hydrogen-bond donors (Lipinski definition) is 1. The molecular weight excluding hydrogens is 349 g/mol. The van der Waals surface area contributed by atoms with Crippen molar-refractivity contribution in [2.75, 3.05) is 5.32 Å². The van der Waals surface area contributed by atoms with Gasteiger partial charge in [0.05, 0.1) is 5.52 Å². The SMILES string of the molecule is Cc1cccc(C)c1NC(=O)Cn1nc2c3ccc(F)cc3ncn2c1=O. The maximum atomic E-state index is 13.4. The number of anilines is 1. The smallest absolute Gasteiger partial charge is 0.324 e. The highest BCUT2D eigenvalue weighted by Crippen LogP contribution is 2.19. The Labute approximate surface area is 153 Å². The predicted molar refractivity (Wildman–Crippen MR) is 99.3 cm³/mol. The van der Waals surface area contributed by atoms with Crippen LogP contribution in [-0.2, 0) is 11.3 Å². The summed E-state index contributed by atoms with van der Waals surface area (Å²) >= 11 is 0. The highest BCUT2D eigenvalue weighted by atomic mass is 19.1. The van der Waals surface area contributed by atoms with Gasteiger partial charge in [0.1, 0.15) is 18.7 Å². The molecule has 8 heteroatoms. The Balaban J connectivity index is 1.70. The van der Waals surface area contributed by atoms with Crippen molar-refractivity contribution >= 4 is 28.1 Å². The third-order valence-corrected chi connectivity index (χ3v) is 4.42. The third-order valence-electron chi connectivity index (χ3n) is 4.42. The molecule has 136 valence electrons. The molecule has 4 rings (SSSR count). The van der Waals surface area contributed by atoms with Gasteiger partial charge in [0.2, 0.25) is 5.91 Å². The molecule has 0 saturated carbocycles. The van der Waals surface area contributed by atoms with Crippen LogP contribution in [-0.4, -0.2) is 25.1 Å². The molecule has 2 aromatic carbocycles. The molecule has 0 aliphatic heterocycles. The van der Waals surface area contributed by atoms with Crippen LogP contribution >= 0.6 is 0 Å². The van der Waals surface area contributed by atoms with E-state index in [4.69, 9.17) is 0 Å². The zero-order valence-corrected chi connectivity index (χ0v) is 14.7. The Morgan fingerprint density at radius 2 is 1.93 bits per heavy atom. The quantitative estimate of drug-likeness (QED) is 0.605. The standard InChI is InChI=1S/C19H16FN5O2/c1-11-4-3-5-12(2)17(11)22-16(26)9-25-19(27)24-10-21-15-8-13(20)6-7-14(15)18(24)23-25/h3-8,10H,9H2,1-2H3,(H,22,26). The van der Waals surface area contributed by atoms with Gasteiger partial charge in [-0.05, 0) is 37.1 Å². The summed E-state index contributed by atoms with van der Waals surface area (Å²) in [5, 5.41) is 7.60. The van der Waals surface area contributed by atoms with Crippen molar-refractivity contribution in [3.63, 3.8) is 0 Å². The Morgan fingerprint density at radius 1 is 1.19 bits per heavy atom. The lowest BCUT2D eigenvalue weighted by atomic mass is 10.1. The fraction of sp³-hybridized carbons (Fsp3) is 0.158. The first kappa shape index (κ1) is 16.9. The third kappa shape index (κ3) is 2.95. The number of nitrogens with one attached hydrogen (secondary N) is 1. The van der Waals surface area contributed by atoms with Crippen LogP contribution in [0, 0.1) is 19.7 Å². The number of hydrogen-bond acceptors (Lipinski definition) is 4. The van der Waals surface area contributed by atoms with Gasteiger partial charge in [0.25, 0.3) is 0 Å². The zero-order valence-electron chi connectivity index (χ0n) is 14.7. The number of para-hydroxylation sites is 1. The molecule has 0 unspecified atom stereocenters. The Morgan fingerprint density at radius 3 is 2.67 bits per heavy atom. The van der Waals surface area contributed by atoms with Crippen molar-refractivity contribution < 1.29 is 9.18 Å². The fourth-order valence-corrected chi connectivity index (χ4v) is 3.06. The minimum absolute atomic E-state index is 0.239. The zero-order chi connectivity index (χ0) is 19.1. The van der Waals surface area contributed by atoms with E-state index in [1.807, 2.05) is 32.0 Å². The van der Waals surface area contributed by atoms with E-state index in [0.717, 1.165) is 21.5 Å². The number of benzene rings is 2. The second kappa shape index (κ2) is 6.31. The van der Waals surface area contributed by atoms with E-state index in [0.29, 0.717) is 16.6 Å². The molecule has 7 nitrogen and oxygen atoms in total. The van der Waals surface area contributed by atoms with Gasteiger partial charge in [-0.3, -0.25) is 4.79 Å². The lowest BCUT2D eigenvalue weighted by molar-refractivity contribution is -0.117. The molecule has 1 N–H and O–H groups in total. The molecule has 0 aliphatic rings. The van der Waals surface area contributed by atoms with Crippen LogP contribution in [0.1, 0.15) is 11.1 Å². The Bertz CT molecular complexity index is 1240. The summed E-state index contributed by atoms with van der Waals surface area (Å²) in [4.78, 5) is 29.1. The minimum atomic E-state index is -0.486. The first-order chi connectivity index (χ1) is 12.9. The number of carbonyl (C=O) groups excluding carboxylic acids is 1. The normalized spacial score (nSPS) is 11.2. The minimum Gasteiger partial charge on any atom is -0.324 e. The molecule has 0 fully saturated rings. The number of aromatic nitrogens is 4. The second-order valence-electron chi connectivity index (χ2n) is 6.35. The molecule has 0 radical (unpaired) electrons. The van der Waals surface area contributed by atoms with E-state index in [2.05, 4.69) is 15.4 Å². The highest BCUT2D eigenvalue weighted by molar-refractivity contribution is 5.93. The lowest BCUT2D eigenvalue weighted by Gasteiger charge is -2.10. The van der Waals surface area contributed by atoms with E-state index >= 15 is 0 Å². The molecular formula is C19H16FN5O2. The van der Waals surface area contributed by atoms with Gasteiger partial charge in [-0.15, -0.1) is 5.10 Å². The van der Waals surface area contributed by atoms with Crippen molar-refractivity contribution in [3.8, 4) is 0 Å². The average molecular weight is 365 g/mol. The molecule has 2 aromatic heterocycles. The highest BCUT2D eigenvalue weighted by Gasteiger charge is 2.15. The van der Waals surface area contributed by atoms with Gasteiger partial charge in [-0.25, -0.2) is 23.3 Å². The molecule has 0 spiro atoms. The van der Waals surface area contributed by atoms with Crippen molar-refractivity contribution in [1.82, 2.24) is 19.2 Å². The summed E-state index contributed by atoms with van der Waals surface area (Å²) < 4.78 is 15.7. The number of nitrogens with zero attached hydrogens (tertiary/aromatic N) is 4. The Hall–Kier alpha value is -3.55. The second-order valence-corrected chi connectivity index (χ2v) is 6.35. The Kier molecular flexibility index (Phi) is 3.95. The molecule has 1 amide bonds. The summed E-state index contributed by atoms with van der Waals surface area (Å²) in [6.07, 6.45) is 1.28. The lowest BCUT2D eigenvalue weighted by Crippen LogP contribution is -2.28. The van der Waals surface area contributed by atoms with Crippen LogP contribution in [0.25, 0.3) is 16.6 Å².